The maximum absolute atomic E-state index is 4.33. The summed E-state index contributed by atoms with van der Waals surface area (Å²) in [7, 11) is 0. The number of nitrogens with one attached hydrogen (secondary N) is 1. The van der Waals surface area contributed by atoms with Crippen molar-refractivity contribution in [2.24, 2.45) is 5.10 Å². The van der Waals surface area contributed by atoms with Crippen molar-refractivity contribution in [3.63, 3.8) is 0 Å². The van der Waals surface area contributed by atoms with Crippen LogP contribution in [-0.2, 0) is 0 Å². The van der Waals surface area contributed by atoms with Crippen molar-refractivity contribution in [2.45, 2.75) is 33.6 Å². The fourth-order valence-corrected chi connectivity index (χ4v) is 3.40. The van der Waals surface area contributed by atoms with Gasteiger partial charge in [-0.25, -0.2) is 9.97 Å². The highest BCUT2D eigenvalue weighted by atomic mass is 32.1. The van der Waals surface area contributed by atoms with Crippen molar-refractivity contribution in [3.8, 4) is 0 Å². The summed E-state index contributed by atoms with van der Waals surface area (Å²) in [5.74, 6) is 1.30. The monoisotopic (exact) mass is 324 g/mol. The summed E-state index contributed by atoms with van der Waals surface area (Å²) in [6.45, 7) is 8.58. The minimum atomic E-state index is 0.540. The van der Waals surface area contributed by atoms with Gasteiger partial charge in [-0.1, -0.05) is 38.1 Å². The Balaban J connectivity index is 1.80. The molecule has 23 heavy (non-hydrogen) atoms. The molecule has 0 radical (unpaired) electrons. The van der Waals surface area contributed by atoms with Gasteiger partial charge in [0, 0.05) is 4.88 Å². The fourth-order valence-electron chi connectivity index (χ4n) is 2.40. The smallest absolute Gasteiger partial charge is 0.158 e. The summed E-state index contributed by atoms with van der Waals surface area (Å²) < 4.78 is 0. The molecule has 3 rings (SSSR count). The second kappa shape index (κ2) is 6.46. The largest absolute Gasteiger partial charge is 0.261 e. The Bertz CT molecular complexity index is 847. The van der Waals surface area contributed by atoms with E-state index < -0.39 is 0 Å². The standard InChI is InChI=1S/C18H20N4S/c1-11(2)15-7-5-14(6-8-15)9-21-22-17-16-12(3)13(4)23-18(16)20-10-19-17/h5-11H,1-4H3,(H,19,20,22)/b21-9+. The van der Waals surface area contributed by atoms with Crippen LogP contribution < -0.4 is 5.43 Å². The highest BCUT2D eigenvalue weighted by molar-refractivity contribution is 7.18. The first kappa shape index (κ1) is 15.6. The zero-order valence-corrected chi connectivity index (χ0v) is 14.6. The number of thiophene rings is 1. The number of rotatable bonds is 4. The van der Waals surface area contributed by atoms with Crippen molar-refractivity contribution in [3.05, 3.63) is 52.2 Å². The van der Waals surface area contributed by atoms with Gasteiger partial charge < -0.3 is 0 Å². The van der Waals surface area contributed by atoms with E-state index in [0.29, 0.717) is 5.92 Å². The first-order valence-corrected chi connectivity index (χ1v) is 8.47. The maximum atomic E-state index is 4.33. The number of anilines is 1. The number of aryl methyl sites for hydroxylation is 2. The van der Waals surface area contributed by atoms with Gasteiger partial charge in [-0.05, 0) is 36.5 Å². The molecular weight excluding hydrogens is 304 g/mol. The number of fused-ring (bicyclic) bond motifs is 1. The van der Waals surface area contributed by atoms with E-state index in [9.17, 15) is 0 Å². The number of hydrogen-bond donors (Lipinski definition) is 1. The molecule has 0 bridgehead atoms. The summed E-state index contributed by atoms with van der Waals surface area (Å²) in [5, 5.41) is 5.38. The fraction of sp³-hybridized carbons (Fsp3) is 0.278. The Labute approximate surface area is 140 Å². The third-order valence-electron chi connectivity index (χ3n) is 3.95. The van der Waals surface area contributed by atoms with Gasteiger partial charge in [-0.2, -0.15) is 5.10 Å². The number of hydrazone groups is 1. The molecule has 3 aromatic rings. The van der Waals surface area contributed by atoms with Gasteiger partial charge in [-0.3, -0.25) is 5.43 Å². The van der Waals surface area contributed by atoms with Crippen molar-refractivity contribution in [1.82, 2.24) is 9.97 Å². The van der Waals surface area contributed by atoms with Gasteiger partial charge in [0.15, 0.2) is 5.82 Å². The van der Waals surface area contributed by atoms with Crippen LogP contribution in [0.4, 0.5) is 5.82 Å². The van der Waals surface area contributed by atoms with Crippen molar-refractivity contribution in [1.29, 1.82) is 0 Å². The Kier molecular flexibility index (Phi) is 4.39. The highest BCUT2D eigenvalue weighted by Gasteiger charge is 2.11. The summed E-state index contributed by atoms with van der Waals surface area (Å²) >= 11 is 1.68. The van der Waals surface area contributed by atoms with Crippen molar-refractivity contribution < 1.29 is 0 Å². The molecule has 5 heteroatoms. The zero-order valence-electron chi connectivity index (χ0n) is 13.8. The van der Waals surface area contributed by atoms with E-state index in [1.54, 1.807) is 17.7 Å². The maximum Gasteiger partial charge on any atom is 0.158 e. The van der Waals surface area contributed by atoms with E-state index in [4.69, 9.17) is 0 Å². The number of benzene rings is 1. The predicted octanol–water partition coefficient (Wildman–Crippen LogP) is 4.88. The second-order valence-corrected chi connectivity index (χ2v) is 7.08. The van der Waals surface area contributed by atoms with Gasteiger partial charge in [0.1, 0.15) is 11.2 Å². The van der Waals surface area contributed by atoms with Crippen LogP contribution in [0.2, 0.25) is 0 Å². The molecule has 2 aromatic heterocycles. The third-order valence-corrected chi connectivity index (χ3v) is 5.07. The molecule has 0 saturated heterocycles. The van der Waals surface area contributed by atoms with Gasteiger partial charge in [0.2, 0.25) is 0 Å². The minimum Gasteiger partial charge on any atom is -0.261 e. The van der Waals surface area contributed by atoms with Crippen LogP contribution in [-0.4, -0.2) is 16.2 Å². The molecule has 118 valence electrons. The van der Waals surface area contributed by atoms with Gasteiger partial charge in [0.25, 0.3) is 0 Å². The lowest BCUT2D eigenvalue weighted by molar-refractivity contribution is 0.866. The summed E-state index contributed by atoms with van der Waals surface area (Å²) in [6.07, 6.45) is 3.39. The van der Waals surface area contributed by atoms with Crippen LogP contribution in [0.3, 0.4) is 0 Å². The Morgan fingerprint density at radius 2 is 1.87 bits per heavy atom. The van der Waals surface area contributed by atoms with E-state index >= 15 is 0 Å². The van der Waals surface area contributed by atoms with E-state index in [0.717, 1.165) is 21.6 Å². The molecule has 0 aliphatic carbocycles. The third kappa shape index (κ3) is 3.24. The molecule has 1 aromatic carbocycles. The van der Waals surface area contributed by atoms with Crippen LogP contribution in [0.5, 0.6) is 0 Å². The number of hydrogen-bond acceptors (Lipinski definition) is 5. The summed E-state index contributed by atoms with van der Waals surface area (Å²) in [5.41, 5.74) is 6.66. The average molecular weight is 324 g/mol. The molecule has 0 unspecified atom stereocenters. The van der Waals surface area contributed by atoms with E-state index in [2.05, 4.69) is 72.5 Å². The molecule has 0 amide bonds. The average Bonchev–Trinajstić information content (AvgIpc) is 2.83. The summed E-state index contributed by atoms with van der Waals surface area (Å²) in [4.78, 5) is 10.9. The van der Waals surface area contributed by atoms with Crippen LogP contribution in [0.1, 0.15) is 41.3 Å². The van der Waals surface area contributed by atoms with Crippen molar-refractivity contribution in [2.75, 3.05) is 5.43 Å². The molecule has 2 heterocycles. The molecule has 0 fully saturated rings. The zero-order chi connectivity index (χ0) is 16.4. The minimum absolute atomic E-state index is 0.540. The second-order valence-electron chi connectivity index (χ2n) is 5.88. The van der Waals surface area contributed by atoms with E-state index in [1.807, 2.05) is 6.21 Å². The molecule has 0 spiro atoms. The highest BCUT2D eigenvalue weighted by Crippen LogP contribution is 2.32. The van der Waals surface area contributed by atoms with Crippen LogP contribution in [0.15, 0.2) is 35.7 Å². The molecule has 1 N–H and O–H groups in total. The van der Waals surface area contributed by atoms with E-state index in [-0.39, 0.29) is 0 Å². The van der Waals surface area contributed by atoms with Crippen LogP contribution in [0, 0.1) is 13.8 Å². The van der Waals surface area contributed by atoms with Crippen LogP contribution >= 0.6 is 11.3 Å². The SMILES string of the molecule is Cc1sc2ncnc(N/N=C/c3ccc(C(C)C)cc3)c2c1C. The lowest BCUT2D eigenvalue weighted by Crippen LogP contribution is -1.96. The molecular formula is C18H20N4S. The Morgan fingerprint density at radius 3 is 2.57 bits per heavy atom. The number of aromatic nitrogens is 2. The lowest BCUT2D eigenvalue weighted by Gasteiger charge is -2.05. The first-order valence-electron chi connectivity index (χ1n) is 7.66. The molecule has 0 aliphatic rings. The number of nitrogens with zero attached hydrogens (tertiary/aromatic N) is 3. The van der Waals surface area contributed by atoms with Crippen LogP contribution in [0.25, 0.3) is 10.2 Å². The summed E-state index contributed by atoms with van der Waals surface area (Å²) in [6, 6.07) is 8.44. The predicted molar refractivity (Wildman–Crippen MR) is 98.6 cm³/mol. The normalized spacial score (nSPS) is 11.7. The molecule has 0 saturated carbocycles. The van der Waals surface area contributed by atoms with Crippen molar-refractivity contribution >= 4 is 33.6 Å². The molecule has 4 nitrogen and oxygen atoms in total. The molecule has 0 atom stereocenters. The first-order chi connectivity index (χ1) is 11.1. The quantitative estimate of drug-likeness (QED) is 0.550. The van der Waals surface area contributed by atoms with Gasteiger partial charge in [0.05, 0.1) is 11.6 Å². The van der Waals surface area contributed by atoms with Gasteiger partial charge >= 0.3 is 0 Å². The topological polar surface area (TPSA) is 50.2 Å². The Morgan fingerprint density at radius 1 is 1.13 bits per heavy atom. The molecule has 0 aliphatic heterocycles. The Hall–Kier alpha value is -2.27. The van der Waals surface area contributed by atoms with E-state index in [1.165, 1.54) is 16.0 Å². The van der Waals surface area contributed by atoms with Gasteiger partial charge in [-0.15, -0.1) is 11.3 Å². The lowest BCUT2D eigenvalue weighted by atomic mass is 10.0.